The van der Waals surface area contributed by atoms with E-state index >= 15 is 0 Å². The number of rotatable bonds is 2. The number of oxime groups is 1. The van der Waals surface area contributed by atoms with Gasteiger partial charge in [0.05, 0.1) is 21.9 Å². The van der Waals surface area contributed by atoms with Crippen LogP contribution in [0, 0.1) is 6.92 Å². The van der Waals surface area contributed by atoms with Crippen LogP contribution in [0.15, 0.2) is 22.2 Å². The van der Waals surface area contributed by atoms with E-state index < -0.39 is 15.8 Å². The normalized spacial score (nSPS) is 18.1. The summed E-state index contributed by atoms with van der Waals surface area (Å²) in [6, 6.07) is 2.66. The Bertz CT molecular complexity index is 726. The Morgan fingerprint density at radius 1 is 1.48 bits per heavy atom. The molecule has 0 aliphatic carbocycles. The van der Waals surface area contributed by atoms with Crippen molar-refractivity contribution in [1.29, 1.82) is 0 Å². The van der Waals surface area contributed by atoms with Gasteiger partial charge in [-0.25, -0.2) is 13.2 Å². The highest BCUT2D eigenvalue weighted by molar-refractivity contribution is 7.90. The number of hydrogen-bond acceptors (Lipinski definition) is 6. The van der Waals surface area contributed by atoms with E-state index in [1.165, 1.54) is 19.1 Å². The molecule has 1 aromatic rings. The fourth-order valence-corrected chi connectivity index (χ4v) is 3.19. The van der Waals surface area contributed by atoms with Crippen molar-refractivity contribution >= 4 is 33.3 Å². The van der Waals surface area contributed by atoms with Gasteiger partial charge in [-0.1, -0.05) is 16.8 Å². The van der Waals surface area contributed by atoms with E-state index in [1.54, 1.807) is 6.92 Å². The molecule has 1 heterocycles. The number of carbonyl (C=O) groups excluding carboxylic acids is 1. The van der Waals surface area contributed by atoms with E-state index in [1.807, 2.05) is 0 Å². The van der Waals surface area contributed by atoms with Gasteiger partial charge in [-0.3, -0.25) is 0 Å². The minimum absolute atomic E-state index is 0.0514. The Morgan fingerprint density at radius 2 is 2.14 bits per heavy atom. The van der Waals surface area contributed by atoms with Crippen molar-refractivity contribution in [2.75, 3.05) is 6.26 Å². The van der Waals surface area contributed by atoms with Crippen molar-refractivity contribution in [1.82, 2.24) is 0 Å². The summed E-state index contributed by atoms with van der Waals surface area (Å²) >= 11 is 6.08. The molecule has 0 amide bonds. The molecule has 1 aliphatic heterocycles. The monoisotopic (exact) mass is 331 g/mol. The third-order valence-corrected chi connectivity index (χ3v) is 4.69. The second kappa shape index (κ2) is 5.65. The van der Waals surface area contributed by atoms with Crippen molar-refractivity contribution in [3.05, 3.63) is 28.3 Å². The molecule has 6 nitrogen and oxygen atoms in total. The average Bonchev–Trinajstić information content (AvgIpc) is 2.76. The first kappa shape index (κ1) is 15.8. The molecule has 2 rings (SSSR count). The van der Waals surface area contributed by atoms with Gasteiger partial charge in [0.15, 0.2) is 9.84 Å². The first-order chi connectivity index (χ1) is 9.70. The second-order valence-electron chi connectivity index (χ2n) is 4.82. The SMILES string of the molecule is Cc1c(S(C)(=O)=O)ccc(C(=O)OC2=NOC(C)C2)c1Cl. The average molecular weight is 332 g/mol. The summed E-state index contributed by atoms with van der Waals surface area (Å²) in [7, 11) is -3.41. The molecule has 0 saturated heterocycles. The molecule has 1 aromatic carbocycles. The van der Waals surface area contributed by atoms with Crippen molar-refractivity contribution in [3.8, 4) is 0 Å². The molecule has 0 radical (unpaired) electrons. The van der Waals surface area contributed by atoms with Crippen LogP contribution in [0.25, 0.3) is 0 Å². The van der Waals surface area contributed by atoms with E-state index in [2.05, 4.69) is 5.16 Å². The topological polar surface area (TPSA) is 82.0 Å². The maximum atomic E-state index is 12.0. The largest absolute Gasteiger partial charge is 0.404 e. The van der Waals surface area contributed by atoms with E-state index in [-0.39, 0.29) is 27.5 Å². The van der Waals surface area contributed by atoms with Crippen molar-refractivity contribution in [2.24, 2.45) is 5.16 Å². The lowest BCUT2D eigenvalue weighted by atomic mass is 10.1. The number of benzene rings is 1. The fraction of sp³-hybridized carbons (Fsp3) is 0.385. The lowest BCUT2D eigenvalue weighted by molar-refractivity contribution is 0.0707. The van der Waals surface area contributed by atoms with Crippen LogP contribution in [0.4, 0.5) is 0 Å². The predicted molar refractivity (Wildman–Crippen MR) is 77.3 cm³/mol. The molecule has 0 spiro atoms. The molecular weight excluding hydrogens is 318 g/mol. The van der Waals surface area contributed by atoms with Gasteiger partial charge in [-0.15, -0.1) is 0 Å². The van der Waals surface area contributed by atoms with Crippen LogP contribution >= 0.6 is 11.6 Å². The standard InChI is InChI=1S/C13H14ClNO5S/c1-7-6-11(15-20-7)19-13(16)9-4-5-10(21(3,17)18)8(2)12(9)14/h4-5,7H,6H2,1-3H3. The minimum Gasteiger partial charge on any atom is -0.404 e. The van der Waals surface area contributed by atoms with E-state index in [4.69, 9.17) is 21.2 Å². The number of carbonyl (C=O) groups is 1. The van der Waals surface area contributed by atoms with Crippen molar-refractivity contribution < 1.29 is 22.8 Å². The van der Waals surface area contributed by atoms with Crippen LogP contribution in [0.3, 0.4) is 0 Å². The highest BCUT2D eigenvalue weighted by Crippen LogP contribution is 2.28. The first-order valence-corrected chi connectivity index (χ1v) is 8.41. The molecule has 8 heteroatoms. The quantitative estimate of drug-likeness (QED) is 0.777. The number of sulfone groups is 1. The maximum Gasteiger partial charge on any atom is 0.346 e. The Balaban J connectivity index is 2.29. The Labute approximate surface area is 127 Å². The van der Waals surface area contributed by atoms with Crippen LogP contribution < -0.4 is 0 Å². The summed E-state index contributed by atoms with van der Waals surface area (Å²) in [5.41, 5.74) is 0.399. The van der Waals surface area contributed by atoms with Crippen LogP contribution in [-0.4, -0.2) is 32.6 Å². The molecule has 21 heavy (non-hydrogen) atoms. The third-order valence-electron chi connectivity index (χ3n) is 2.96. The van der Waals surface area contributed by atoms with Crippen LogP contribution in [0.1, 0.15) is 29.3 Å². The molecule has 0 N–H and O–H groups in total. The van der Waals surface area contributed by atoms with Crippen molar-refractivity contribution in [2.45, 2.75) is 31.3 Å². The molecule has 114 valence electrons. The zero-order chi connectivity index (χ0) is 15.8. The number of nitrogens with zero attached hydrogens (tertiary/aromatic N) is 1. The van der Waals surface area contributed by atoms with Gasteiger partial charge in [0.1, 0.15) is 6.10 Å². The molecule has 1 unspecified atom stereocenters. The maximum absolute atomic E-state index is 12.0. The Morgan fingerprint density at radius 3 is 2.67 bits per heavy atom. The molecule has 0 fully saturated rings. The third kappa shape index (κ3) is 3.36. The van der Waals surface area contributed by atoms with Gasteiger partial charge >= 0.3 is 5.97 Å². The van der Waals surface area contributed by atoms with Crippen LogP contribution in [0.2, 0.25) is 5.02 Å². The highest BCUT2D eigenvalue weighted by atomic mass is 35.5. The van der Waals surface area contributed by atoms with Gasteiger partial charge in [-0.2, -0.15) is 0 Å². The summed E-state index contributed by atoms with van der Waals surface area (Å²) in [5, 5.41) is 3.68. The summed E-state index contributed by atoms with van der Waals surface area (Å²) in [5.74, 6) is -0.520. The van der Waals surface area contributed by atoms with Gasteiger partial charge in [-0.05, 0) is 31.5 Å². The van der Waals surface area contributed by atoms with Gasteiger partial charge < -0.3 is 9.57 Å². The van der Waals surface area contributed by atoms with Gasteiger partial charge in [0.25, 0.3) is 0 Å². The molecular formula is C13H14ClNO5S. The lowest BCUT2D eigenvalue weighted by Gasteiger charge is -2.10. The fourth-order valence-electron chi connectivity index (χ4n) is 1.92. The Hall–Kier alpha value is -1.60. The minimum atomic E-state index is -3.41. The number of ether oxygens (including phenoxy) is 1. The lowest BCUT2D eigenvalue weighted by Crippen LogP contribution is -2.14. The number of esters is 1. The summed E-state index contributed by atoms with van der Waals surface area (Å²) < 4.78 is 28.3. The predicted octanol–water partition coefficient (Wildman–Crippen LogP) is 2.33. The molecule has 1 atom stereocenters. The molecule has 0 aromatic heterocycles. The van der Waals surface area contributed by atoms with E-state index in [0.29, 0.717) is 12.0 Å². The highest BCUT2D eigenvalue weighted by Gasteiger charge is 2.24. The van der Waals surface area contributed by atoms with Gasteiger partial charge in [0.2, 0.25) is 5.90 Å². The number of halogens is 1. The first-order valence-electron chi connectivity index (χ1n) is 6.14. The van der Waals surface area contributed by atoms with E-state index in [9.17, 15) is 13.2 Å². The second-order valence-corrected chi connectivity index (χ2v) is 7.18. The van der Waals surface area contributed by atoms with E-state index in [0.717, 1.165) is 6.26 Å². The molecule has 0 bridgehead atoms. The smallest absolute Gasteiger partial charge is 0.346 e. The van der Waals surface area contributed by atoms with Crippen LogP contribution in [0.5, 0.6) is 0 Å². The van der Waals surface area contributed by atoms with Gasteiger partial charge in [0, 0.05) is 6.26 Å². The number of hydrogen-bond donors (Lipinski definition) is 0. The summed E-state index contributed by atoms with van der Waals surface area (Å²) in [6.45, 7) is 3.33. The van der Waals surface area contributed by atoms with Crippen LogP contribution in [-0.2, 0) is 19.4 Å². The Kier molecular flexibility index (Phi) is 4.25. The zero-order valence-electron chi connectivity index (χ0n) is 11.7. The van der Waals surface area contributed by atoms with Crippen molar-refractivity contribution in [3.63, 3.8) is 0 Å². The molecule has 0 saturated carbocycles. The summed E-state index contributed by atoms with van der Waals surface area (Å²) in [6.07, 6.45) is 1.33. The summed E-state index contributed by atoms with van der Waals surface area (Å²) in [4.78, 5) is 17.0. The molecule has 1 aliphatic rings. The zero-order valence-corrected chi connectivity index (χ0v) is 13.3.